The van der Waals surface area contributed by atoms with Gasteiger partial charge in [-0.2, -0.15) is 0 Å². The molecule has 0 fully saturated rings. The number of carbonyl (C=O) groups is 2. The van der Waals surface area contributed by atoms with E-state index in [2.05, 4.69) is 5.32 Å². The van der Waals surface area contributed by atoms with Crippen molar-refractivity contribution < 1.29 is 19.1 Å². The summed E-state index contributed by atoms with van der Waals surface area (Å²) in [6.45, 7) is 9.49. The summed E-state index contributed by atoms with van der Waals surface area (Å²) in [5.41, 5.74) is 1.41. The fourth-order valence-electron chi connectivity index (χ4n) is 3.33. The first kappa shape index (κ1) is 24.3. The van der Waals surface area contributed by atoms with Crippen LogP contribution in [-0.2, 0) is 22.5 Å². The van der Waals surface area contributed by atoms with E-state index in [0.717, 1.165) is 16.9 Å². The first-order valence-electron chi connectivity index (χ1n) is 10.6. The molecule has 1 N–H and O–H groups in total. The Balaban J connectivity index is 2.20. The number of methoxy groups -OCH3 is 1. The van der Waals surface area contributed by atoms with Crippen molar-refractivity contribution in [2.24, 2.45) is 0 Å². The summed E-state index contributed by atoms with van der Waals surface area (Å²) in [5.74, 6) is 0.624. The van der Waals surface area contributed by atoms with Gasteiger partial charge in [-0.3, -0.25) is 4.79 Å². The van der Waals surface area contributed by atoms with Crippen LogP contribution in [0.15, 0.2) is 54.6 Å². The second kappa shape index (κ2) is 10.8. The zero-order valence-corrected chi connectivity index (χ0v) is 19.3. The second-order valence-corrected chi connectivity index (χ2v) is 8.68. The summed E-state index contributed by atoms with van der Waals surface area (Å²) in [4.78, 5) is 27.3. The quantitative estimate of drug-likeness (QED) is 0.671. The van der Waals surface area contributed by atoms with Crippen LogP contribution in [0.5, 0.6) is 5.75 Å². The van der Waals surface area contributed by atoms with E-state index in [9.17, 15) is 9.59 Å². The van der Waals surface area contributed by atoms with Crippen LogP contribution in [0, 0.1) is 0 Å². The molecule has 6 nitrogen and oxygen atoms in total. The second-order valence-electron chi connectivity index (χ2n) is 8.68. The monoisotopic (exact) mass is 426 g/mol. The highest BCUT2D eigenvalue weighted by Gasteiger charge is 2.28. The number of benzene rings is 2. The number of carbonyl (C=O) groups excluding carboxylic acids is 2. The number of rotatable bonds is 8. The molecule has 0 aliphatic rings. The Hall–Kier alpha value is -3.02. The average molecular weight is 427 g/mol. The number of ether oxygens (including phenoxy) is 2. The third-order valence-electron chi connectivity index (χ3n) is 4.82. The minimum atomic E-state index is -0.723. The molecular formula is C25H34N2O4. The standard InChI is InChI=1S/C25H34N2O4/c1-18(16-21-14-10-11-15-22(21)30-6)27(17-20-12-8-7-9-13-20)23(28)19(2)26-24(29)31-25(3,4)5/h7-15,18-19H,16-17H2,1-6H3,(H,26,29). The maximum atomic E-state index is 13.4. The molecule has 0 aromatic heterocycles. The molecule has 31 heavy (non-hydrogen) atoms. The van der Waals surface area contributed by atoms with Gasteiger partial charge < -0.3 is 19.7 Å². The lowest BCUT2D eigenvalue weighted by atomic mass is 10.0. The molecule has 0 saturated carbocycles. The number of nitrogens with zero attached hydrogens (tertiary/aromatic N) is 1. The molecule has 0 heterocycles. The van der Waals surface area contributed by atoms with Crippen molar-refractivity contribution >= 4 is 12.0 Å². The fourth-order valence-corrected chi connectivity index (χ4v) is 3.33. The lowest BCUT2D eigenvalue weighted by Gasteiger charge is -2.32. The Morgan fingerprint density at radius 2 is 1.61 bits per heavy atom. The molecule has 2 unspecified atom stereocenters. The zero-order valence-electron chi connectivity index (χ0n) is 19.3. The van der Waals surface area contributed by atoms with Crippen molar-refractivity contribution in [2.75, 3.05) is 7.11 Å². The summed E-state index contributed by atoms with van der Waals surface area (Å²) in [7, 11) is 1.64. The third-order valence-corrected chi connectivity index (χ3v) is 4.82. The molecule has 2 amide bonds. The zero-order chi connectivity index (χ0) is 23.0. The van der Waals surface area contributed by atoms with Crippen molar-refractivity contribution in [3.8, 4) is 5.75 Å². The van der Waals surface area contributed by atoms with E-state index in [0.29, 0.717) is 13.0 Å². The van der Waals surface area contributed by atoms with Crippen LogP contribution in [-0.4, -0.2) is 41.7 Å². The first-order valence-corrected chi connectivity index (χ1v) is 10.6. The number of amides is 2. The Morgan fingerprint density at radius 3 is 2.23 bits per heavy atom. The van der Waals surface area contributed by atoms with E-state index < -0.39 is 17.7 Å². The average Bonchev–Trinajstić information content (AvgIpc) is 2.71. The minimum Gasteiger partial charge on any atom is -0.496 e. The molecule has 2 aromatic rings. The van der Waals surface area contributed by atoms with Crippen LogP contribution < -0.4 is 10.1 Å². The lowest BCUT2D eigenvalue weighted by Crippen LogP contribution is -2.50. The summed E-state index contributed by atoms with van der Waals surface area (Å²) < 4.78 is 10.8. The van der Waals surface area contributed by atoms with E-state index in [4.69, 9.17) is 9.47 Å². The number of para-hydroxylation sites is 1. The molecule has 0 saturated heterocycles. The van der Waals surface area contributed by atoms with Crippen LogP contribution in [0.4, 0.5) is 4.79 Å². The highest BCUT2D eigenvalue weighted by molar-refractivity contribution is 5.85. The maximum absolute atomic E-state index is 13.4. The molecule has 2 aromatic carbocycles. The lowest BCUT2D eigenvalue weighted by molar-refractivity contribution is -0.135. The maximum Gasteiger partial charge on any atom is 0.408 e. The number of hydrogen-bond acceptors (Lipinski definition) is 4. The molecule has 6 heteroatoms. The molecule has 0 aliphatic heterocycles. The molecule has 168 valence electrons. The van der Waals surface area contributed by atoms with Gasteiger partial charge in [0.15, 0.2) is 0 Å². The van der Waals surface area contributed by atoms with Gasteiger partial charge in [-0.15, -0.1) is 0 Å². The van der Waals surface area contributed by atoms with Crippen LogP contribution >= 0.6 is 0 Å². The van der Waals surface area contributed by atoms with Crippen molar-refractivity contribution in [3.05, 3.63) is 65.7 Å². The normalized spacial score (nSPS) is 13.1. The molecule has 0 spiro atoms. The smallest absolute Gasteiger partial charge is 0.408 e. The summed E-state index contributed by atoms with van der Waals surface area (Å²) in [6, 6.07) is 16.8. The first-order chi connectivity index (χ1) is 14.6. The molecule has 0 radical (unpaired) electrons. The number of nitrogens with one attached hydrogen (secondary N) is 1. The predicted octanol–water partition coefficient (Wildman–Crippen LogP) is 4.57. The van der Waals surface area contributed by atoms with E-state index in [1.807, 2.05) is 61.5 Å². The Kier molecular flexibility index (Phi) is 8.48. The summed E-state index contributed by atoms with van der Waals surface area (Å²) >= 11 is 0. The van der Waals surface area contributed by atoms with Crippen LogP contribution in [0.2, 0.25) is 0 Å². The van der Waals surface area contributed by atoms with Gasteiger partial charge in [0.25, 0.3) is 0 Å². The van der Waals surface area contributed by atoms with E-state index >= 15 is 0 Å². The van der Waals surface area contributed by atoms with Crippen molar-refractivity contribution in [2.45, 2.75) is 65.3 Å². The van der Waals surface area contributed by atoms with Gasteiger partial charge in [0.2, 0.25) is 5.91 Å². The van der Waals surface area contributed by atoms with Crippen molar-refractivity contribution in [3.63, 3.8) is 0 Å². The predicted molar refractivity (Wildman–Crippen MR) is 122 cm³/mol. The molecule has 2 atom stereocenters. The SMILES string of the molecule is COc1ccccc1CC(C)N(Cc1ccccc1)C(=O)C(C)NC(=O)OC(C)(C)C. The number of hydrogen-bond donors (Lipinski definition) is 1. The minimum absolute atomic E-state index is 0.119. The van der Waals surface area contributed by atoms with Crippen LogP contribution in [0.3, 0.4) is 0 Å². The molecule has 0 aliphatic carbocycles. The van der Waals surface area contributed by atoms with Crippen LogP contribution in [0.1, 0.15) is 45.7 Å². The Labute approximate surface area is 185 Å². The summed E-state index contributed by atoms with van der Waals surface area (Å²) in [5, 5.41) is 2.67. The topological polar surface area (TPSA) is 67.9 Å². The van der Waals surface area contributed by atoms with Crippen LogP contribution in [0.25, 0.3) is 0 Å². The van der Waals surface area contributed by atoms with Gasteiger partial charge in [0, 0.05) is 12.6 Å². The highest BCUT2D eigenvalue weighted by atomic mass is 16.6. The molecular weight excluding hydrogens is 392 g/mol. The largest absolute Gasteiger partial charge is 0.496 e. The van der Waals surface area contributed by atoms with Gasteiger partial charge in [0.1, 0.15) is 17.4 Å². The van der Waals surface area contributed by atoms with Gasteiger partial charge >= 0.3 is 6.09 Å². The van der Waals surface area contributed by atoms with E-state index in [1.54, 1.807) is 39.7 Å². The summed E-state index contributed by atoms with van der Waals surface area (Å²) in [6.07, 6.45) is 0.0206. The van der Waals surface area contributed by atoms with Gasteiger partial charge in [-0.25, -0.2) is 4.79 Å². The fraction of sp³-hybridized carbons (Fsp3) is 0.440. The van der Waals surface area contributed by atoms with Crippen molar-refractivity contribution in [1.82, 2.24) is 10.2 Å². The van der Waals surface area contributed by atoms with Gasteiger partial charge in [0.05, 0.1) is 7.11 Å². The van der Waals surface area contributed by atoms with Gasteiger partial charge in [-0.1, -0.05) is 48.5 Å². The molecule has 2 rings (SSSR count). The third kappa shape index (κ3) is 7.63. The van der Waals surface area contributed by atoms with Crippen molar-refractivity contribution in [1.29, 1.82) is 0 Å². The Morgan fingerprint density at radius 1 is 1.00 bits per heavy atom. The Bertz CT molecular complexity index is 861. The molecule has 0 bridgehead atoms. The van der Waals surface area contributed by atoms with Gasteiger partial charge in [-0.05, 0) is 58.2 Å². The number of alkyl carbamates (subject to hydrolysis) is 1. The van der Waals surface area contributed by atoms with E-state index in [-0.39, 0.29) is 11.9 Å². The van der Waals surface area contributed by atoms with E-state index in [1.165, 1.54) is 0 Å². The highest BCUT2D eigenvalue weighted by Crippen LogP contribution is 2.22.